The Kier molecular flexibility index (Phi) is 5.34. The molecular formula is C16H27N3. The smallest absolute Gasteiger partial charge is 0.0271 e. The molecule has 1 aliphatic rings. The third kappa shape index (κ3) is 3.77. The zero-order valence-electron chi connectivity index (χ0n) is 12.3. The zero-order valence-corrected chi connectivity index (χ0v) is 12.3. The van der Waals surface area contributed by atoms with Crippen LogP contribution in [0.2, 0.25) is 0 Å². The molecule has 106 valence electrons. The van der Waals surface area contributed by atoms with E-state index < -0.39 is 0 Å². The predicted octanol–water partition coefficient (Wildman–Crippen LogP) is 2.67. The maximum absolute atomic E-state index is 5.99. The van der Waals surface area contributed by atoms with Gasteiger partial charge in [0, 0.05) is 25.0 Å². The third-order valence-electron chi connectivity index (χ3n) is 4.53. The largest absolute Gasteiger partial charge is 0.330 e. The third-order valence-corrected chi connectivity index (χ3v) is 4.53. The van der Waals surface area contributed by atoms with Gasteiger partial charge in [-0.05, 0) is 55.5 Å². The van der Waals surface area contributed by atoms with Gasteiger partial charge < -0.3 is 5.73 Å². The van der Waals surface area contributed by atoms with Crippen LogP contribution in [0.25, 0.3) is 0 Å². The van der Waals surface area contributed by atoms with Crippen LogP contribution in [-0.2, 0) is 6.54 Å². The van der Waals surface area contributed by atoms with E-state index in [-0.39, 0.29) is 0 Å². The molecule has 1 fully saturated rings. The lowest BCUT2D eigenvalue weighted by molar-refractivity contribution is 0.0842. The molecule has 3 unspecified atom stereocenters. The Morgan fingerprint density at radius 2 is 2.05 bits per heavy atom. The van der Waals surface area contributed by atoms with Gasteiger partial charge in [0.25, 0.3) is 0 Å². The number of aromatic nitrogens is 1. The fraction of sp³-hybridized carbons (Fsp3) is 0.688. The molecule has 0 spiro atoms. The zero-order chi connectivity index (χ0) is 13.7. The van der Waals surface area contributed by atoms with E-state index in [1.807, 2.05) is 12.4 Å². The van der Waals surface area contributed by atoms with Crippen molar-refractivity contribution in [2.75, 3.05) is 13.1 Å². The first-order chi connectivity index (χ1) is 9.24. The first-order valence-electron chi connectivity index (χ1n) is 7.57. The van der Waals surface area contributed by atoms with Gasteiger partial charge >= 0.3 is 0 Å². The number of rotatable bonds is 5. The summed E-state index contributed by atoms with van der Waals surface area (Å²) in [5, 5.41) is 0. The maximum Gasteiger partial charge on any atom is 0.0271 e. The van der Waals surface area contributed by atoms with Gasteiger partial charge in [-0.25, -0.2) is 0 Å². The molecule has 1 saturated carbocycles. The maximum atomic E-state index is 5.99. The normalized spacial score (nSPS) is 27.7. The van der Waals surface area contributed by atoms with Gasteiger partial charge in [-0.3, -0.25) is 9.88 Å². The van der Waals surface area contributed by atoms with Crippen molar-refractivity contribution in [2.45, 2.75) is 45.7 Å². The second-order valence-electron chi connectivity index (χ2n) is 5.90. The molecule has 1 heterocycles. The van der Waals surface area contributed by atoms with E-state index in [1.165, 1.54) is 24.8 Å². The first-order valence-corrected chi connectivity index (χ1v) is 7.57. The summed E-state index contributed by atoms with van der Waals surface area (Å²) in [6.45, 7) is 7.57. The molecule has 0 bridgehead atoms. The Morgan fingerprint density at radius 1 is 1.32 bits per heavy atom. The number of pyridine rings is 1. The second-order valence-corrected chi connectivity index (χ2v) is 5.90. The molecule has 1 aromatic heterocycles. The Morgan fingerprint density at radius 3 is 2.68 bits per heavy atom. The van der Waals surface area contributed by atoms with Crippen LogP contribution < -0.4 is 5.73 Å². The van der Waals surface area contributed by atoms with Crippen LogP contribution in [0.1, 0.15) is 38.7 Å². The lowest BCUT2D eigenvalue weighted by Crippen LogP contribution is -2.46. The lowest BCUT2D eigenvalue weighted by atomic mass is 9.78. The summed E-state index contributed by atoms with van der Waals surface area (Å²) in [6.07, 6.45) is 7.68. The van der Waals surface area contributed by atoms with E-state index in [4.69, 9.17) is 5.73 Å². The molecule has 0 aromatic carbocycles. The van der Waals surface area contributed by atoms with Crippen LogP contribution in [0.3, 0.4) is 0 Å². The molecular weight excluding hydrogens is 234 g/mol. The number of nitrogens with zero attached hydrogens (tertiary/aromatic N) is 2. The van der Waals surface area contributed by atoms with E-state index in [0.717, 1.165) is 25.6 Å². The minimum Gasteiger partial charge on any atom is -0.330 e. The Labute approximate surface area is 117 Å². The van der Waals surface area contributed by atoms with Gasteiger partial charge in [-0.2, -0.15) is 0 Å². The Bertz CT molecular complexity index is 366. The van der Waals surface area contributed by atoms with Crippen molar-refractivity contribution >= 4 is 0 Å². The molecule has 2 N–H and O–H groups in total. The first kappa shape index (κ1) is 14.5. The Hall–Kier alpha value is -0.930. The van der Waals surface area contributed by atoms with E-state index in [1.54, 1.807) is 0 Å². The molecule has 0 saturated heterocycles. The van der Waals surface area contributed by atoms with Gasteiger partial charge in [-0.15, -0.1) is 0 Å². The van der Waals surface area contributed by atoms with Crippen molar-refractivity contribution < 1.29 is 0 Å². The fourth-order valence-electron chi connectivity index (χ4n) is 3.32. The number of nitrogens with two attached hydrogens (primary N) is 1. The highest BCUT2D eigenvalue weighted by Gasteiger charge is 2.31. The van der Waals surface area contributed by atoms with Crippen molar-refractivity contribution in [3.05, 3.63) is 30.1 Å². The minimum absolute atomic E-state index is 0.645. The molecule has 3 heteroatoms. The van der Waals surface area contributed by atoms with Crippen LogP contribution in [0.15, 0.2) is 24.5 Å². The fourth-order valence-corrected chi connectivity index (χ4v) is 3.32. The molecule has 1 aliphatic carbocycles. The molecule has 1 aromatic rings. The van der Waals surface area contributed by atoms with Gasteiger partial charge in [-0.1, -0.05) is 20.3 Å². The monoisotopic (exact) mass is 261 g/mol. The quantitative estimate of drug-likeness (QED) is 0.886. The van der Waals surface area contributed by atoms with Crippen LogP contribution in [0.5, 0.6) is 0 Å². The molecule has 2 rings (SSSR count). The summed E-state index contributed by atoms with van der Waals surface area (Å²) in [5.74, 6) is 1.50. The highest BCUT2D eigenvalue weighted by molar-refractivity contribution is 5.09. The summed E-state index contributed by atoms with van der Waals surface area (Å²) in [5.41, 5.74) is 7.34. The molecule has 19 heavy (non-hydrogen) atoms. The summed E-state index contributed by atoms with van der Waals surface area (Å²) in [6, 6.07) is 4.88. The van der Waals surface area contributed by atoms with Crippen LogP contribution in [-0.4, -0.2) is 29.0 Å². The summed E-state index contributed by atoms with van der Waals surface area (Å²) < 4.78 is 0. The van der Waals surface area contributed by atoms with Gasteiger partial charge in [0.15, 0.2) is 0 Å². The highest BCUT2D eigenvalue weighted by atomic mass is 15.2. The average molecular weight is 261 g/mol. The molecule has 3 atom stereocenters. The summed E-state index contributed by atoms with van der Waals surface area (Å²) in [7, 11) is 0. The second kappa shape index (κ2) is 7.01. The van der Waals surface area contributed by atoms with Crippen LogP contribution in [0, 0.1) is 11.8 Å². The van der Waals surface area contributed by atoms with Crippen molar-refractivity contribution in [1.82, 2.24) is 9.88 Å². The van der Waals surface area contributed by atoms with Crippen molar-refractivity contribution in [3.63, 3.8) is 0 Å². The molecule has 0 amide bonds. The summed E-state index contributed by atoms with van der Waals surface area (Å²) >= 11 is 0. The average Bonchev–Trinajstić information content (AvgIpc) is 2.46. The number of hydrogen-bond acceptors (Lipinski definition) is 3. The standard InChI is InChI=1S/C16H27N3/c1-3-19(12-14-6-8-18-9-7-14)16-10-13(2)4-5-15(16)11-17/h6-9,13,15-16H,3-5,10-12,17H2,1-2H3. The van der Waals surface area contributed by atoms with Crippen LogP contribution >= 0.6 is 0 Å². The SMILES string of the molecule is CCN(Cc1ccncc1)C1CC(C)CCC1CN. The van der Waals surface area contributed by atoms with E-state index in [2.05, 4.69) is 35.9 Å². The topological polar surface area (TPSA) is 42.2 Å². The van der Waals surface area contributed by atoms with Gasteiger partial charge in [0.1, 0.15) is 0 Å². The van der Waals surface area contributed by atoms with Crippen LogP contribution in [0.4, 0.5) is 0 Å². The van der Waals surface area contributed by atoms with Crippen molar-refractivity contribution in [3.8, 4) is 0 Å². The van der Waals surface area contributed by atoms with E-state index in [0.29, 0.717) is 12.0 Å². The minimum atomic E-state index is 0.645. The Balaban J connectivity index is 2.06. The highest BCUT2D eigenvalue weighted by Crippen LogP contribution is 2.32. The molecule has 0 radical (unpaired) electrons. The molecule has 3 nitrogen and oxygen atoms in total. The van der Waals surface area contributed by atoms with E-state index >= 15 is 0 Å². The molecule has 0 aliphatic heterocycles. The van der Waals surface area contributed by atoms with Gasteiger partial charge in [0.2, 0.25) is 0 Å². The van der Waals surface area contributed by atoms with Crippen molar-refractivity contribution in [2.24, 2.45) is 17.6 Å². The van der Waals surface area contributed by atoms with E-state index in [9.17, 15) is 0 Å². The predicted molar refractivity (Wildman–Crippen MR) is 79.7 cm³/mol. The van der Waals surface area contributed by atoms with Crippen molar-refractivity contribution in [1.29, 1.82) is 0 Å². The summed E-state index contributed by atoms with van der Waals surface area (Å²) in [4.78, 5) is 6.70. The number of hydrogen-bond donors (Lipinski definition) is 1. The lowest BCUT2D eigenvalue weighted by Gasteiger charge is -2.41. The van der Waals surface area contributed by atoms with Gasteiger partial charge in [0.05, 0.1) is 0 Å².